The normalized spacial score (nSPS) is 14.9. The molecule has 0 bridgehead atoms. The number of rotatable bonds is 15. The zero-order valence-corrected chi connectivity index (χ0v) is 24.3. The molecule has 14 nitrogen and oxygen atoms in total. The Bertz CT molecular complexity index is 1300. The molecule has 0 aliphatic heterocycles. The van der Waals surface area contributed by atoms with Crippen molar-refractivity contribution in [3.63, 3.8) is 0 Å². The molecule has 1 aromatic carbocycles. The van der Waals surface area contributed by atoms with Crippen LogP contribution in [0.15, 0.2) is 30.5 Å². The van der Waals surface area contributed by atoms with Crippen LogP contribution in [-0.4, -0.2) is 81.0 Å². The molecular weight excluding hydrogens is 548 g/mol. The van der Waals surface area contributed by atoms with Gasteiger partial charge in [-0.05, 0) is 30.4 Å². The molecule has 0 aliphatic rings. The first-order chi connectivity index (χ1) is 19.6. The number of nitrogens with one attached hydrogen (secondary N) is 5. The lowest BCUT2D eigenvalue weighted by molar-refractivity contribution is -0.144. The molecule has 230 valence electrons. The maximum absolute atomic E-state index is 13.5. The van der Waals surface area contributed by atoms with Gasteiger partial charge < -0.3 is 42.2 Å². The van der Waals surface area contributed by atoms with Crippen LogP contribution in [0.5, 0.6) is 0 Å². The molecular formula is C28H40N6O8. The molecule has 0 fully saturated rings. The van der Waals surface area contributed by atoms with E-state index in [1.54, 1.807) is 33.9 Å². The van der Waals surface area contributed by atoms with Crippen LogP contribution in [0.2, 0.25) is 0 Å². The van der Waals surface area contributed by atoms with Gasteiger partial charge in [-0.1, -0.05) is 45.9 Å². The van der Waals surface area contributed by atoms with E-state index in [9.17, 15) is 39.0 Å². The summed E-state index contributed by atoms with van der Waals surface area (Å²) < 4.78 is 0. The van der Waals surface area contributed by atoms with Crippen molar-refractivity contribution in [3.05, 3.63) is 36.0 Å². The van der Waals surface area contributed by atoms with Gasteiger partial charge >= 0.3 is 11.9 Å². The molecule has 0 saturated heterocycles. The first kappa shape index (κ1) is 33.7. The Labute approximate surface area is 243 Å². The van der Waals surface area contributed by atoms with E-state index in [2.05, 4.69) is 26.3 Å². The summed E-state index contributed by atoms with van der Waals surface area (Å²) in [7, 11) is 0. The van der Waals surface area contributed by atoms with Crippen molar-refractivity contribution < 1.29 is 39.0 Å². The Balaban J connectivity index is 2.28. The average molecular weight is 589 g/mol. The second-order valence-corrected chi connectivity index (χ2v) is 10.9. The number of carbonyl (C=O) groups is 6. The van der Waals surface area contributed by atoms with Crippen LogP contribution in [0.25, 0.3) is 10.9 Å². The highest BCUT2D eigenvalue weighted by atomic mass is 16.4. The monoisotopic (exact) mass is 588 g/mol. The van der Waals surface area contributed by atoms with E-state index in [-0.39, 0.29) is 6.42 Å². The predicted octanol–water partition coefficient (Wildman–Crippen LogP) is -0.132. The van der Waals surface area contributed by atoms with Crippen LogP contribution in [0, 0.1) is 11.8 Å². The van der Waals surface area contributed by atoms with Crippen molar-refractivity contribution in [1.29, 1.82) is 0 Å². The van der Waals surface area contributed by atoms with Crippen LogP contribution in [-0.2, 0) is 35.2 Å². The molecule has 9 N–H and O–H groups in total. The number of carboxylic acid groups (broad SMARTS) is 2. The second-order valence-electron chi connectivity index (χ2n) is 10.9. The molecule has 0 unspecified atom stereocenters. The van der Waals surface area contributed by atoms with Gasteiger partial charge in [0.2, 0.25) is 23.6 Å². The quantitative estimate of drug-likeness (QED) is 0.138. The van der Waals surface area contributed by atoms with Crippen LogP contribution in [0.3, 0.4) is 0 Å². The summed E-state index contributed by atoms with van der Waals surface area (Å²) in [4.78, 5) is 78.1. The molecule has 42 heavy (non-hydrogen) atoms. The van der Waals surface area contributed by atoms with E-state index in [1.807, 2.05) is 24.3 Å². The number of aromatic amines is 1. The third-order valence-corrected chi connectivity index (χ3v) is 6.63. The molecule has 1 aromatic heterocycles. The van der Waals surface area contributed by atoms with Crippen molar-refractivity contribution in [1.82, 2.24) is 26.3 Å². The third-order valence-electron chi connectivity index (χ3n) is 6.63. The summed E-state index contributed by atoms with van der Waals surface area (Å²) in [6.07, 6.45) is 0.956. The molecule has 2 rings (SSSR count). The van der Waals surface area contributed by atoms with Crippen molar-refractivity contribution in [3.8, 4) is 0 Å². The molecule has 2 aromatic rings. The minimum Gasteiger partial charge on any atom is -0.481 e. The zero-order valence-electron chi connectivity index (χ0n) is 24.3. The number of aromatic nitrogens is 1. The van der Waals surface area contributed by atoms with Gasteiger partial charge in [0.15, 0.2) is 0 Å². The largest absolute Gasteiger partial charge is 0.481 e. The Hall–Kier alpha value is -4.46. The number of fused-ring (bicyclic) bond motifs is 1. The zero-order chi connectivity index (χ0) is 31.7. The summed E-state index contributed by atoms with van der Waals surface area (Å²) in [6, 6.07) is 1.18. The fourth-order valence-electron chi connectivity index (χ4n) is 4.23. The van der Waals surface area contributed by atoms with Crippen molar-refractivity contribution in [2.45, 2.75) is 77.7 Å². The van der Waals surface area contributed by atoms with Crippen molar-refractivity contribution >= 4 is 46.5 Å². The van der Waals surface area contributed by atoms with Gasteiger partial charge in [0, 0.05) is 23.5 Å². The smallest absolute Gasteiger partial charge is 0.326 e. The molecule has 5 atom stereocenters. The topological polar surface area (TPSA) is 233 Å². The Kier molecular flexibility index (Phi) is 12.0. The summed E-state index contributed by atoms with van der Waals surface area (Å²) in [5.41, 5.74) is 7.27. The van der Waals surface area contributed by atoms with E-state index in [0.29, 0.717) is 0 Å². The fourth-order valence-corrected chi connectivity index (χ4v) is 4.23. The van der Waals surface area contributed by atoms with E-state index in [4.69, 9.17) is 5.73 Å². The molecule has 0 radical (unpaired) electrons. The Morgan fingerprint density at radius 3 is 1.86 bits per heavy atom. The summed E-state index contributed by atoms with van der Waals surface area (Å²) >= 11 is 0. The maximum atomic E-state index is 13.5. The third kappa shape index (κ3) is 9.29. The lowest BCUT2D eigenvalue weighted by atomic mass is 9.99. The first-order valence-electron chi connectivity index (χ1n) is 13.6. The SMILES string of the molecule is CC(C)[C@H](NC(=O)[C@H](CC(=O)O)NC(=O)[C@@H](NC(=O)[C@H](Cc1c[nH]c2ccccc12)NC(=O)[C@H](C)N)C(C)C)C(=O)O. The van der Waals surface area contributed by atoms with Crippen molar-refractivity contribution in [2.75, 3.05) is 0 Å². The van der Waals surface area contributed by atoms with Gasteiger partial charge in [-0.2, -0.15) is 0 Å². The number of carboxylic acids is 2. The van der Waals surface area contributed by atoms with Gasteiger partial charge in [0.25, 0.3) is 0 Å². The summed E-state index contributed by atoms with van der Waals surface area (Å²) in [6.45, 7) is 7.84. The average Bonchev–Trinajstić information content (AvgIpc) is 3.30. The molecule has 0 spiro atoms. The highest BCUT2D eigenvalue weighted by molar-refractivity contribution is 5.97. The van der Waals surface area contributed by atoms with E-state index < -0.39 is 84.0 Å². The second kappa shape index (κ2) is 15.0. The van der Waals surface area contributed by atoms with E-state index >= 15 is 0 Å². The molecule has 0 saturated carbocycles. The highest BCUT2D eigenvalue weighted by Gasteiger charge is 2.34. The molecule has 14 heteroatoms. The van der Waals surface area contributed by atoms with Crippen LogP contribution >= 0.6 is 0 Å². The summed E-state index contributed by atoms with van der Waals surface area (Å²) in [5, 5.41) is 29.4. The molecule has 4 amide bonds. The number of benzene rings is 1. The standard InChI is InChI=1S/C28H40N6O8/c1-13(2)22(27(40)32-20(11-21(35)36)26(39)34-23(14(3)4)28(41)42)33-25(38)19(31-24(37)15(5)29)10-16-12-30-18-9-7-6-8-17(16)18/h6-9,12-15,19-20,22-23,30H,10-11,29H2,1-5H3,(H,31,37)(H,32,40)(H,33,38)(H,34,39)(H,35,36)(H,41,42)/t15-,19-,20-,22-,23-/m0/s1. The number of nitrogens with two attached hydrogens (primary N) is 1. The van der Waals surface area contributed by atoms with Gasteiger partial charge in [-0.3, -0.25) is 24.0 Å². The number of H-pyrrole nitrogens is 1. The molecule has 1 heterocycles. The number of aliphatic carboxylic acids is 2. The van der Waals surface area contributed by atoms with Gasteiger partial charge in [0.05, 0.1) is 12.5 Å². The lowest BCUT2D eigenvalue weighted by Gasteiger charge is -2.28. The summed E-state index contributed by atoms with van der Waals surface area (Å²) in [5.74, 6) is -6.91. The van der Waals surface area contributed by atoms with Gasteiger partial charge in [-0.15, -0.1) is 0 Å². The fraction of sp³-hybridized carbons (Fsp3) is 0.500. The van der Waals surface area contributed by atoms with Gasteiger partial charge in [0.1, 0.15) is 24.2 Å². The number of carbonyl (C=O) groups excluding carboxylic acids is 4. The maximum Gasteiger partial charge on any atom is 0.326 e. The number of hydrogen-bond acceptors (Lipinski definition) is 7. The Morgan fingerprint density at radius 1 is 0.762 bits per heavy atom. The van der Waals surface area contributed by atoms with E-state index in [1.165, 1.54) is 6.92 Å². The van der Waals surface area contributed by atoms with E-state index in [0.717, 1.165) is 16.5 Å². The van der Waals surface area contributed by atoms with Crippen LogP contribution in [0.1, 0.15) is 46.6 Å². The number of para-hydroxylation sites is 1. The van der Waals surface area contributed by atoms with Crippen LogP contribution < -0.4 is 27.0 Å². The van der Waals surface area contributed by atoms with Crippen LogP contribution in [0.4, 0.5) is 0 Å². The number of amides is 4. The number of hydrogen-bond donors (Lipinski definition) is 8. The first-order valence-corrected chi connectivity index (χ1v) is 13.6. The van der Waals surface area contributed by atoms with Gasteiger partial charge in [-0.25, -0.2) is 4.79 Å². The minimum absolute atomic E-state index is 0.0660. The predicted molar refractivity (Wildman–Crippen MR) is 153 cm³/mol. The Morgan fingerprint density at radius 2 is 1.31 bits per heavy atom. The highest BCUT2D eigenvalue weighted by Crippen LogP contribution is 2.19. The minimum atomic E-state index is -1.62. The lowest BCUT2D eigenvalue weighted by Crippen LogP contribution is -2.60. The van der Waals surface area contributed by atoms with Crippen molar-refractivity contribution in [2.24, 2.45) is 17.6 Å². The molecule has 0 aliphatic carbocycles.